The number of hydrogen-bond donors (Lipinski definition) is 1. The summed E-state index contributed by atoms with van der Waals surface area (Å²) in [7, 11) is 0. The molecule has 2 aromatic carbocycles. The molecule has 3 aromatic rings. The molecule has 1 N–H and O–H groups in total. The summed E-state index contributed by atoms with van der Waals surface area (Å²) in [6.45, 7) is 1.78. The standard InChI is InChI=1S/C20H18FN3O5/c1-13(20(26)22-15-6-7-16(21)18(12-15)24(27)28)29-19(25)9-11-23-10-8-14-4-2-3-5-17(14)23/h2-8,10,12-13H,9,11H2,1H3,(H,22,26). The number of carbonyl (C=O) groups excluding carboxylic acids is 2. The third-order valence-electron chi connectivity index (χ3n) is 4.32. The Balaban J connectivity index is 1.54. The first-order chi connectivity index (χ1) is 13.8. The number of amides is 1. The highest BCUT2D eigenvalue weighted by molar-refractivity contribution is 5.95. The van der Waals surface area contributed by atoms with Gasteiger partial charge in [-0.2, -0.15) is 4.39 Å². The molecule has 0 radical (unpaired) electrons. The van der Waals surface area contributed by atoms with Gasteiger partial charge in [-0.1, -0.05) is 18.2 Å². The van der Waals surface area contributed by atoms with Crippen LogP contribution in [0.3, 0.4) is 0 Å². The molecule has 150 valence electrons. The number of nitrogens with zero attached hydrogens (tertiary/aromatic N) is 2. The fraction of sp³-hybridized carbons (Fsp3) is 0.200. The van der Waals surface area contributed by atoms with Crippen molar-refractivity contribution in [2.75, 3.05) is 5.32 Å². The van der Waals surface area contributed by atoms with Crippen molar-refractivity contribution in [2.24, 2.45) is 0 Å². The summed E-state index contributed by atoms with van der Waals surface area (Å²) in [5, 5.41) is 14.2. The van der Waals surface area contributed by atoms with Crippen molar-refractivity contribution in [3.63, 3.8) is 0 Å². The molecule has 9 heteroatoms. The normalized spacial score (nSPS) is 11.8. The molecule has 1 unspecified atom stereocenters. The fourth-order valence-electron chi connectivity index (χ4n) is 2.83. The molecule has 0 spiro atoms. The monoisotopic (exact) mass is 399 g/mol. The van der Waals surface area contributed by atoms with Crippen molar-refractivity contribution in [1.29, 1.82) is 0 Å². The van der Waals surface area contributed by atoms with E-state index in [1.165, 1.54) is 13.0 Å². The van der Waals surface area contributed by atoms with Gasteiger partial charge in [-0.15, -0.1) is 0 Å². The van der Waals surface area contributed by atoms with Crippen molar-refractivity contribution < 1.29 is 23.6 Å². The Kier molecular flexibility index (Phi) is 5.87. The summed E-state index contributed by atoms with van der Waals surface area (Å²) in [5.41, 5.74) is 0.264. The van der Waals surface area contributed by atoms with Gasteiger partial charge in [-0.25, -0.2) is 0 Å². The zero-order valence-corrected chi connectivity index (χ0v) is 15.5. The van der Waals surface area contributed by atoms with E-state index in [0.29, 0.717) is 6.54 Å². The van der Waals surface area contributed by atoms with Crippen LogP contribution in [0.25, 0.3) is 10.9 Å². The van der Waals surface area contributed by atoms with Gasteiger partial charge in [-0.3, -0.25) is 19.7 Å². The number of fused-ring (bicyclic) bond motifs is 1. The maximum atomic E-state index is 13.4. The number of nitro benzene ring substituents is 1. The summed E-state index contributed by atoms with van der Waals surface area (Å²) in [5.74, 6) is -2.24. The van der Waals surface area contributed by atoms with Gasteiger partial charge in [-0.05, 0) is 36.6 Å². The van der Waals surface area contributed by atoms with Crippen molar-refractivity contribution in [3.05, 3.63) is 70.7 Å². The molecule has 1 aromatic heterocycles. The van der Waals surface area contributed by atoms with Crippen molar-refractivity contribution >= 4 is 34.2 Å². The number of esters is 1. The maximum Gasteiger partial charge on any atom is 0.308 e. The highest BCUT2D eigenvalue weighted by Gasteiger charge is 2.20. The second-order valence-electron chi connectivity index (χ2n) is 6.36. The zero-order valence-electron chi connectivity index (χ0n) is 15.5. The summed E-state index contributed by atoms with van der Waals surface area (Å²) in [6.07, 6.45) is 0.821. The Morgan fingerprint density at radius 3 is 2.76 bits per heavy atom. The molecule has 1 heterocycles. The Bertz CT molecular complexity index is 1080. The van der Waals surface area contributed by atoms with E-state index in [2.05, 4.69) is 5.32 Å². The maximum absolute atomic E-state index is 13.4. The predicted octanol–water partition coefficient (Wildman–Crippen LogP) is 3.65. The first-order valence-electron chi connectivity index (χ1n) is 8.83. The van der Waals surface area contributed by atoms with Gasteiger partial charge in [0.25, 0.3) is 5.91 Å². The number of halogens is 1. The zero-order chi connectivity index (χ0) is 21.0. The Morgan fingerprint density at radius 1 is 1.24 bits per heavy atom. The SMILES string of the molecule is CC(OC(=O)CCn1ccc2ccccc21)C(=O)Nc1ccc(F)c([N+](=O)[O-])c1. The van der Waals surface area contributed by atoms with Gasteiger partial charge in [0.1, 0.15) is 0 Å². The minimum absolute atomic E-state index is 0.0322. The van der Waals surface area contributed by atoms with E-state index in [4.69, 9.17) is 4.74 Å². The minimum Gasteiger partial charge on any atom is -0.452 e. The molecule has 0 bridgehead atoms. The lowest BCUT2D eigenvalue weighted by atomic mass is 10.2. The van der Waals surface area contributed by atoms with Gasteiger partial charge in [0, 0.05) is 30.0 Å². The van der Waals surface area contributed by atoms with Crippen LogP contribution in [0.2, 0.25) is 0 Å². The van der Waals surface area contributed by atoms with Gasteiger partial charge < -0.3 is 14.6 Å². The predicted molar refractivity (Wildman–Crippen MR) is 104 cm³/mol. The third kappa shape index (κ3) is 4.75. The number of rotatable bonds is 7. The summed E-state index contributed by atoms with van der Waals surface area (Å²) in [6, 6.07) is 12.7. The molecule has 0 saturated heterocycles. The Hall–Kier alpha value is -3.75. The number of aromatic nitrogens is 1. The number of anilines is 1. The minimum atomic E-state index is -1.12. The Labute approximate surface area is 165 Å². The topological polar surface area (TPSA) is 103 Å². The quantitative estimate of drug-likeness (QED) is 0.371. The second-order valence-corrected chi connectivity index (χ2v) is 6.36. The summed E-state index contributed by atoms with van der Waals surface area (Å²) >= 11 is 0. The van der Waals surface area contributed by atoms with Crippen LogP contribution in [-0.4, -0.2) is 27.5 Å². The lowest BCUT2D eigenvalue weighted by Crippen LogP contribution is -2.30. The lowest BCUT2D eigenvalue weighted by Gasteiger charge is -2.14. The highest BCUT2D eigenvalue weighted by atomic mass is 19.1. The number of benzene rings is 2. The smallest absolute Gasteiger partial charge is 0.308 e. The second kappa shape index (κ2) is 8.51. The molecule has 1 amide bonds. The molecular weight excluding hydrogens is 381 g/mol. The highest BCUT2D eigenvalue weighted by Crippen LogP contribution is 2.22. The van der Waals surface area contributed by atoms with Gasteiger partial charge >= 0.3 is 11.7 Å². The molecule has 8 nitrogen and oxygen atoms in total. The van der Waals surface area contributed by atoms with Crippen molar-refractivity contribution in [2.45, 2.75) is 26.0 Å². The molecule has 29 heavy (non-hydrogen) atoms. The molecule has 0 aliphatic heterocycles. The van der Waals surface area contributed by atoms with Crippen LogP contribution in [0.1, 0.15) is 13.3 Å². The summed E-state index contributed by atoms with van der Waals surface area (Å²) < 4.78 is 20.4. The van der Waals surface area contributed by atoms with Crippen LogP contribution >= 0.6 is 0 Å². The molecule has 1 atom stereocenters. The van der Waals surface area contributed by atoms with Crippen molar-refractivity contribution in [3.8, 4) is 0 Å². The number of aryl methyl sites for hydroxylation is 1. The first kappa shape index (κ1) is 20.0. The van der Waals surface area contributed by atoms with Crippen LogP contribution < -0.4 is 5.32 Å². The molecule has 0 saturated carbocycles. The number of nitrogens with one attached hydrogen (secondary N) is 1. The molecule has 3 rings (SSSR count). The van der Waals surface area contributed by atoms with E-state index < -0.39 is 34.4 Å². The van der Waals surface area contributed by atoms with E-state index in [1.807, 2.05) is 41.1 Å². The van der Waals surface area contributed by atoms with E-state index in [9.17, 15) is 24.1 Å². The van der Waals surface area contributed by atoms with Crippen LogP contribution in [-0.2, 0) is 20.9 Å². The van der Waals surface area contributed by atoms with Crippen LogP contribution in [0.15, 0.2) is 54.7 Å². The average Bonchev–Trinajstić information content (AvgIpc) is 3.10. The third-order valence-corrected chi connectivity index (χ3v) is 4.32. The van der Waals surface area contributed by atoms with Gasteiger partial charge in [0.05, 0.1) is 11.3 Å². The molecule has 0 aliphatic carbocycles. The van der Waals surface area contributed by atoms with E-state index in [0.717, 1.165) is 23.0 Å². The average molecular weight is 399 g/mol. The van der Waals surface area contributed by atoms with Crippen molar-refractivity contribution in [1.82, 2.24) is 4.57 Å². The summed E-state index contributed by atoms with van der Waals surface area (Å²) in [4.78, 5) is 34.1. The van der Waals surface area contributed by atoms with E-state index in [-0.39, 0.29) is 12.1 Å². The molecule has 0 fully saturated rings. The molecule has 0 aliphatic rings. The molecular formula is C20H18FN3O5. The van der Waals surface area contributed by atoms with Gasteiger partial charge in [0.15, 0.2) is 6.10 Å². The van der Waals surface area contributed by atoms with Gasteiger partial charge in [0.2, 0.25) is 5.82 Å². The van der Waals surface area contributed by atoms with Crippen LogP contribution in [0.4, 0.5) is 15.8 Å². The Morgan fingerprint density at radius 2 is 2.00 bits per heavy atom. The van der Waals surface area contributed by atoms with Crippen LogP contribution in [0, 0.1) is 15.9 Å². The number of ether oxygens (including phenoxy) is 1. The fourth-order valence-corrected chi connectivity index (χ4v) is 2.83. The van der Waals surface area contributed by atoms with E-state index >= 15 is 0 Å². The number of nitro groups is 1. The first-order valence-corrected chi connectivity index (χ1v) is 8.83. The van der Waals surface area contributed by atoms with E-state index in [1.54, 1.807) is 0 Å². The number of hydrogen-bond acceptors (Lipinski definition) is 5. The lowest BCUT2D eigenvalue weighted by molar-refractivity contribution is -0.387. The largest absolute Gasteiger partial charge is 0.452 e. The van der Waals surface area contributed by atoms with Crippen LogP contribution in [0.5, 0.6) is 0 Å². The number of carbonyl (C=O) groups is 2. The number of para-hydroxylation sites is 1.